The molecular formula is C3H7N3S. The lowest BCUT2D eigenvalue weighted by Gasteiger charge is -2.08. The van der Waals surface area contributed by atoms with Gasteiger partial charge in [-0.1, -0.05) is 12.8 Å². The molecule has 0 aromatic rings. The van der Waals surface area contributed by atoms with Crippen molar-refractivity contribution in [2.45, 2.75) is 13.0 Å². The highest BCUT2D eigenvalue weighted by atomic mass is 32.1. The van der Waals surface area contributed by atoms with Gasteiger partial charge >= 0.3 is 0 Å². The van der Waals surface area contributed by atoms with E-state index >= 15 is 0 Å². The molecule has 1 aliphatic heterocycles. The lowest BCUT2D eigenvalue weighted by Crippen LogP contribution is -2.26. The smallest absolute Gasteiger partial charge is 0.0760 e. The molecule has 0 aromatic carbocycles. The topological polar surface area (TPSA) is 27.6 Å². The maximum absolute atomic E-state index is 3.98. The summed E-state index contributed by atoms with van der Waals surface area (Å²) >= 11 is 3.98. The predicted octanol–water partition coefficient (Wildman–Crippen LogP) is 0.0257. The molecule has 7 heavy (non-hydrogen) atoms. The Labute approximate surface area is 47.9 Å². The molecule has 0 aromatic heterocycles. The van der Waals surface area contributed by atoms with E-state index < -0.39 is 0 Å². The van der Waals surface area contributed by atoms with Gasteiger partial charge in [-0.15, -0.1) is 4.41 Å². The Morgan fingerprint density at radius 2 is 2.71 bits per heavy atom. The second-order valence-electron chi connectivity index (χ2n) is 1.46. The third-order valence-electron chi connectivity index (χ3n) is 0.836. The van der Waals surface area contributed by atoms with Crippen LogP contribution in [-0.4, -0.2) is 16.7 Å². The van der Waals surface area contributed by atoms with Crippen molar-refractivity contribution >= 4 is 19.0 Å². The summed E-state index contributed by atoms with van der Waals surface area (Å²) in [6, 6.07) is 0.309. The van der Waals surface area contributed by atoms with Crippen molar-refractivity contribution in [3.63, 3.8) is 0 Å². The van der Waals surface area contributed by atoms with Crippen LogP contribution in [-0.2, 0) is 0 Å². The first-order valence-corrected chi connectivity index (χ1v) is 2.47. The molecule has 0 bridgehead atoms. The fourth-order valence-electron chi connectivity index (χ4n) is 0.355. The van der Waals surface area contributed by atoms with Crippen molar-refractivity contribution < 1.29 is 0 Å². The Bertz CT molecular complexity index is 92.2. The molecule has 1 N–H and O–H groups in total. The summed E-state index contributed by atoms with van der Waals surface area (Å²) in [5.41, 5.74) is 2.64. The summed E-state index contributed by atoms with van der Waals surface area (Å²) in [6.07, 6.45) is 1.78. The first-order chi connectivity index (χ1) is 3.30. The molecule has 0 amide bonds. The minimum absolute atomic E-state index is 0.309. The quantitative estimate of drug-likeness (QED) is 0.438. The number of nitrogens with one attached hydrogen (secondary N) is 1. The lowest BCUT2D eigenvalue weighted by atomic mass is 10.4. The SMILES string of the molecule is CC1C=NNN1S. The number of nitrogens with zero attached hydrogens (tertiary/aromatic N) is 2. The molecule has 1 rings (SSSR count). The van der Waals surface area contributed by atoms with E-state index in [9.17, 15) is 0 Å². The fraction of sp³-hybridized carbons (Fsp3) is 0.667. The zero-order valence-electron chi connectivity index (χ0n) is 4.00. The number of rotatable bonds is 0. The molecule has 0 spiro atoms. The van der Waals surface area contributed by atoms with Crippen molar-refractivity contribution in [1.29, 1.82) is 0 Å². The molecule has 0 saturated heterocycles. The van der Waals surface area contributed by atoms with Gasteiger partial charge in [0, 0.05) is 6.21 Å². The van der Waals surface area contributed by atoms with Gasteiger partial charge in [-0.25, -0.2) is 5.53 Å². The van der Waals surface area contributed by atoms with Crippen LogP contribution in [0.1, 0.15) is 6.92 Å². The highest BCUT2D eigenvalue weighted by molar-refractivity contribution is 7.77. The summed E-state index contributed by atoms with van der Waals surface area (Å²) in [5, 5.41) is 3.72. The summed E-state index contributed by atoms with van der Waals surface area (Å²) in [4.78, 5) is 0. The Morgan fingerprint density at radius 3 is 2.86 bits per heavy atom. The highest BCUT2D eigenvalue weighted by Crippen LogP contribution is 1.99. The van der Waals surface area contributed by atoms with Crippen LogP contribution in [0.5, 0.6) is 0 Å². The van der Waals surface area contributed by atoms with E-state index in [1.54, 1.807) is 10.6 Å². The second-order valence-corrected chi connectivity index (χ2v) is 1.89. The van der Waals surface area contributed by atoms with Crippen LogP contribution in [0.4, 0.5) is 0 Å². The standard InChI is InChI=1S/C3H7N3S/c1-3-2-4-5-6(3)7/h2-3,5,7H,1H3. The van der Waals surface area contributed by atoms with Crippen LogP contribution in [0.3, 0.4) is 0 Å². The van der Waals surface area contributed by atoms with Crippen LogP contribution in [0.2, 0.25) is 0 Å². The van der Waals surface area contributed by atoms with Crippen LogP contribution in [0.25, 0.3) is 0 Å². The van der Waals surface area contributed by atoms with E-state index in [2.05, 4.69) is 23.5 Å². The van der Waals surface area contributed by atoms with Gasteiger partial charge < -0.3 is 0 Å². The van der Waals surface area contributed by atoms with Gasteiger partial charge in [0.15, 0.2) is 0 Å². The molecule has 0 aliphatic carbocycles. The fourth-order valence-corrected chi connectivity index (χ4v) is 0.466. The highest BCUT2D eigenvalue weighted by Gasteiger charge is 2.09. The Balaban J connectivity index is 2.45. The third kappa shape index (κ3) is 0.863. The van der Waals surface area contributed by atoms with E-state index in [0.717, 1.165) is 0 Å². The summed E-state index contributed by atoms with van der Waals surface area (Å²) in [5.74, 6) is 0. The number of hydrogen-bond donors (Lipinski definition) is 2. The van der Waals surface area contributed by atoms with E-state index in [-0.39, 0.29) is 0 Å². The summed E-state index contributed by atoms with van der Waals surface area (Å²) < 4.78 is 1.62. The molecule has 1 heterocycles. The van der Waals surface area contributed by atoms with Crippen molar-refractivity contribution in [3.8, 4) is 0 Å². The van der Waals surface area contributed by atoms with Gasteiger partial charge in [0.25, 0.3) is 0 Å². The van der Waals surface area contributed by atoms with Crippen LogP contribution >= 0.6 is 12.8 Å². The molecule has 40 valence electrons. The first kappa shape index (κ1) is 4.93. The molecule has 0 radical (unpaired) electrons. The molecule has 0 saturated carbocycles. The van der Waals surface area contributed by atoms with Gasteiger partial charge in [-0.2, -0.15) is 5.10 Å². The molecule has 1 atom stereocenters. The number of hydrazone groups is 1. The van der Waals surface area contributed by atoms with E-state index in [1.165, 1.54) is 0 Å². The largest absolute Gasteiger partial charge is 0.230 e. The zero-order chi connectivity index (χ0) is 5.28. The maximum atomic E-state index is 3.98. The number of hydrazine groups is 1. The molecule has 3 nitrogen and oxygen atoms in total. The average molecular weight is 117 g/mol. The summed E-state index contributed by atoms with van der Waals surface area (Å²) in [7, 11) is 0. The van der Waals surface area contributed by atoms with E-state index in [0.29, 0.717) is 6.04 Å². The molecule has 0 fully saturated rings. The molecule has 1 aliphatic rings. The van der Waals surface area contributed by atoms with Crippen LogP contribution in [0.15, 0.2) is 5.10 Å². The van der Waals surface area contributed by atoms with E-state index in [1.807, 2.05) is 6.92 Å². The first-order valence-electron chi connectivity index (χ1n) is 2.07. The zero-order valence-corrected chi connectivity index (χ0v) is 4.89. The minimum Gasteiger partial charge on any atom is -0.230 e. The van der Waals surface area contributed by atoms with Gasteiger partial charge in [0.05, 0.1) is 6.04 Å². The number of hydrogen-bond acceptors (Lipinski definition) is 4. The number of thiol groups is 1. The van der Waals surface area contributed by atoms with E-state index in [4.69, 9.17) is 0 Å². The minimum atomic E-state index is 0.309. The lowest BCUT2D eigenvalue weighted by molar-refractivity contribution is 0.382. The van der Waals surface area contributed by atoms with Crippen molar-refractivity contribution in [1.82, 2.24) is 9.95 Å². The Hall–Kier alpha value is -0.220. The van der Waals surface area contributed by atoms with Crippen molar-refractivity contribution in [3.05, 3.63) is 0 Å². The maximum Gasteiger partial charge on any atom is 0.0760 e. The third-order valence-corrected chi connectivity index (χ3v) is 1.29. The normalized spacial score (nSPS) is 30.9. The predicted molar refractivity (Wildman–Crippen MR) is 31.9 cm³/mol. The Kier molecular flexibility index (Phi) is 1.21. The molecule has 4 heteroatoms. The summed E-state index contributed by atoms with van der Waals surface area (Å²) in [6.45, 7) is 2.00. The Morgan fingerprint density at radius 1 is 2.00 bits per heavy atom. The van der Waals surface area contributed by atoms with Gasteiger partial charge in [-0.05, 0) is 6.92 Å². The van der Waals surface area contributed by atoms with Crippen molar-refractivity contribution in [2.24, 2.45) is 5.10 Å². The monoisotopic (exact) mass is 117 g/mol. The molecular weight excluding hydrogens is 110 g/mol. The van der Waals surface area contributed by atoms with Gasteiger partial charge in [0.1, 0.15) is 0 Å². The van der Waals surface area contributed by atoms with Crippen LogP contribution in [0, 0.1) is 0 Å². The van der Waals surface area contributed by atoms with Gasteiger partial charge in [-0.3, -0.25) is 0 Å². The molecule has 1 unspecified atom stereocenters. The van der Waals surface area contributed by atoms with Crippen molar-refractivity contribution in [2.75, 3.05) is 0 Å². The van der Waals surface area contributed by atoms with Gasteiger partial charge in [0.2, 0.25) is 0 Å². The van der Waals surface area contributed by atoms with Crippen LogP contribution < -0.4 is 5.53 Å². The average Bonchev–Trinajstić information content (AvgIpc) is 1.91. The second kappa shape index (κ2) is 1.71.